The molecule has 0 saturated carbocycles. The molecule has 0 spiro atoms. The van der Waals surface area contributed by atoms with Crippen LogP contribution in [0.25, 0.3) is 0 Å². The zero-order valence-electron chi connectivity index (χ0n) is 24.1. The molecular formula is C30H37N3O6S2. The number of carbonyl (C=O) groups excluding carboxylic acids is 1. The highest BCUT2D eigenvalue weighted by Gasteiger charge is 2.27. The van der Waals surface area contributed by atoms with Crippen molar-refractivity contribution in [2.75, 3.05) is 30.2 Å². The molecule has 1 aliphatic rings. The van der Waals surface area contributed by atoms with Crippen LogP contribution in [0.15, 0.2) is 58.3 Å². The van der Waals surface area contributed by atoms with E-state index < -0.39 is 26.0 Å². The number of amides is 1. The summed E-state index contributed by atoms with van der Waals surface area (Å²) in [6.45, 7) is 8.07. The minimum atomic E-state index is -3.93. The lowest BCUT2D eigenvalue weighted by Gasteiger charge is -2.21. The van der Waals surface area contributed by atoms with Gasteiger partial charge in [0.25, 0.3) is 15.9 Å². The van der Waals surface area contributed by atoms with Crippen molar-refractivity contribution in [2.45, 2.75) is 63.2 Å². The first-order valence-electron chi connectivity index (χ1n) is 13.5. The largest absolute Gasteiger partial charge is 0.495 e. The maximum atomic E-state index is 13.4. The Morgan fingerprint density at radius 2 is 1.41 bits per heavy atom. The molecule has 3 aromatic rings. The molecule has 1 amide bonds. The van der Waals surface area contributed by atoms with Gasteiger partial charge >= 0.3 is 0 Å². The van der Waals surface area contributed by atoms with Crippen molar-refractivity contribution < 1.29 is 26.4 Å². The van der Waals surface area contributed by atoms with Crippen LogP contribution in [0.2, 0.25) is 0 Å². The second-order valence-electron chi connectivity index (χ2n) is 10.5. The Kier molecular flexibility index (Phi) is 9.10. The van der Waals surface area contributed by atoms with Crippen LogP contribution in [0.4, 0.5) is 11.4 Å². The number of ether oxygens (including phenoxy) is 1. The molecule has 0 atom stereocenters. The van der Waals surface area contributed by atoms with Gasteiger partial charge < -0.3 is 10.1 Å². The monoisotopic (exact) mass is 599 g/mol. The molecule has 1 fully saturated rings. The van der Waals surface area contributed by atoms with Crippen molar-refractivity contribution in [2.24, 2.45) is 0 Å². The molecular weight excluding hydrogens is 562 g/mol. The Bertz CT molecular complexity index is 1650. The van der Waals surface area contributed by atoms with Crippen molar-refractivity contribution >= 4 is 37.3 Å². The van der Waals surface area contributed by atoms with Crippen molar-refractivity contribution in [3.63, 3.8) is 0 Å². The van der Waals surface area contributed by atoms with Gasteiger partial charge in [0.2, 0.25) is 10.0 Å². The number of hydrogen-bond acceptors (Lipinski definition) is 6. The molecule has 0 unspecified atom stereocenters. The van der Waals surface area contributed by atoms with E-state index in [9.17, 15) is 21.6 Å². The Hall–Kier alpha value is -3.41. The summed E-state index contributed by atoms with van der Waals surface area (Å²) in [5, 5.41) is 2.75. The smallest absolute Gasteiger partial charge is 0.262 e. The van der Waals surface area contributed by atoms with E-state index in [0.717, 1.165) is 31.2 Å². The predicted molar refractivity (Wildman–Crippen MR) is 161 cm³/mol. The zero-order valence-corrected chi connectivity index (χ0v) is 25.7. The van der Waals surface area contributed by atoms with E-state index in [1.54, 1.807) is 32.9 Å². The highest BCUT2D eigenvalue weighted by atomic mass is 32.2. The van der Waals surface area contributed by atoms with Crippen LogP contribution in [-0.2, 0) is 20.0 Å². The zero-order chi connectivity index (χ0) is 29.9. The van der Waals surface area contributed by atoms with Gasteiger partial charge in [-0.15, -0.1) is 0 Å². The molecule has 3 aromatic carbocycles. The predicted octanol–water partition coefficient (Wildman–Crippen LogP) is 5.55. The van der Waals surface area contributed by atoms with Gasteiger partial charge in [-0.05, 0) is 87.6 Å². The van der Waals surface area contributed by atoms with Crippen molar-refractivity contribution in [3.05, 3.63) is 76.3 Å². The Balaban J connectivity index is 1.62. The first kappa shape index (κ1) is 30.5. The van der Waals surface area contributed by atoms with Gasteiger partial charge in [-0.3, -0.25) is 9.52 Å². The van der Waals surface area contributed by atoms with Crippen LogP contribution < -0.4 is 14.8 Å². The lowest BCUT2D eigenvalue weighted by Crippen LogP contribution is -2.32. The van der Waals surface area contributed by atoms with Gasteiger partial charge in [-0.2, -0.15) is 4.31 Å². The Labute approximate surface area is 243 Å². The second-order valence-corrected chi connectivity index (χ2v) is 14.1. The number of sulfonamides is 2. The van der Waals surface area contributed by atoms with Gasteiger partial charge in [-0.1, -0.05) is 36.6 Å². The lowest BCUT2D eigenvalue weighted by molar-refractivity contribution is 0.102. The third-order valence-electron chi connectivity index (χ3n) is 7.24. The van der Waals surface area contributed by atoms with Crippen LogP contribution in [0, 0.1) is 27.7 Å². The highest BCUT2D eigenvalue weighted by molar-refractivity contribution is 7.92. The molecule has 1 saturated heterocycles. The van der Waals surface area contributed by atoms with E-state index >= 15 is 0 Å². The molecule has 41 heavy (non-hydrogen) atoms. The molecule has 4 rings (SSSR count). The summed E-state index contributed by atoms with van der Waals surface area (Å²) in [5.41, 5.74) is 3.51. The topological polar surface area (TPSA) is 122 Å². The second kappa shape index (κ2) is 12.2. The summed E-state index contributed by atoms with van der Waals surface area (Å²) in [4.78, 5) is 13.6. The quantitative estimate of drug-likeness (QED) is 0.350. The van der Waals surface area contributed by atoms with Crippen LogP contribution in [0.3, 0.4) is 0 Å². The number of nitrogens with one attached hydrogen (secondary N) is 2. The molecule has 0 bridgehead atoms. The van der Waals surface area contributed by atoms with Gasteiger partial charge in [0, 0.05) is 18.7 Å². The maximum absolute atomic E-state index is 13.4. The van der Waals surface area contributed by atoms with Crippen LogP contribution in [0.1, 0.15) is 58.3 Å². The van der Waals surface area contributed by atoms with Gasteiger partial charge in [-0.25, -0.2) is 16.8 Å². The van der Waals surface area contributed by atoms with E-state index in [1.807, 2.05) is 19.1 Å². The third-order valence-corrected chi connectivity index (χ3v) is 10.8. The summed E-state index contributed by atoms with van der Waals surface area (Å²) in [6.07, 6.45) is 3.60. The number of nitrogens with zero attached hydrogens (tertiary/aromatic N) is 1. The summed E-state index contributed by atoms with van der Waals surface area (Å²) in [7, 11) is -6.25. The first-order valence-corrected chi connectivity index (χ1v) is 16.5. The molecule has 0 aromatic heterocycles. The molecule has 0 radical (unpaired) electrons. The molecule has 0 aliphatic carbocycles. The SMILES string of the molecule is COc1ccc(S(=O)(=O)N2CCCCCC2)cc1NC(=O)c1ccc(C)c(NS(=O)(=O)c2c(C)cc(C)cc2C)c1. The maximum Gasteiger partial charge on any atom is 0.262 e. The van der Waals surface area contributed by atoms with E-state index in [4.69, 9.17) is 4.74 Å². The minimum absolute atomic E-state index is 0.0664. The Morgan fingerprint density at radius 3 is 2.02 bits per heavy atom. The molecule has 1 aliphatic heterocycles. The van der Waals surface area contributed by atoms with E-state index in [2.05, 4.69) is 10.0 Å². The summed E-state index contributed by atoms with van der Waals surface area (Å²) < 4.78 is 62.9. The van der Waals surface area contributed by atoms with Crippen molar-refractivity contribution in [3.8, 4) is 5.75 Å². The van der Waals surface area contributed by atoms with Crippen LogP contribution in [0.5, 0.6) is 5.75 Å². The molecule has 9 nitrogen and oxygen atoms in total. The minimum Gasteiger partial charge on any atom is -0.495 e. The standard InChI is InChI=1S/C30H37N3O6S2/c1-20-16-22(3)29(23(4)17-20)40(35,36)32-26-18-24(11-10-21(26)2)30(34)31-27-19-25(12-13-28(27)39-5)41(37,38)33-14-8-6-7-9-15-33/h10-13,16-19,32H,6-9,14-15H2,1-5H3,(H,31,34). The highest BCUT2D eigenvalue weighted by Crippen LogP contribution is 2.31. The van der Waals surface area contributed by atoms with Crippen molar-refractivity contribution in [1.29, 1.82) is 0 Å². The first-order chi connectivity index (χ1) is 19.3. The fourth-order valence-corrected chi connectivity index (χ4v) is 8.35. The fourth-order valence-electron chi connectivity index (χ4n) is 5.23. The van der Waals surface area contributed by atoms with Crippen LogP contribution >= 0.6 is 0 Å². The van der Waals surface area contributed by atoms with Crippen molar-refractivity contribution in [1.82, 2.24) is 4.31 Å². The number of anilines is 2. The fraction of sp³-hybridized carbons (Fsp3) is 0.367. The average Bonchev–Trinajstić information content (AvgIpc) is 3.19. The van der Waals surface area contributed by atoms with Gasteiger partial charge in [0.05, 0.1) is 28.3 Å². The number of rotatable bonds is 8. The summed E-state index contributed by atoms with van der Waals surface area (Å²) >= 11 is 0. The number of carbonyl (C=O) groups is 1. The van der Waals surface area contributed by atoms with Gasteiger partial charge in [0.1, 0.15) is 5.75 Å². The average molecular weight is 600 g/mol. The third kappa shape index (κ3) is 6.74. The van der Waals surface area contributed by atoms with Crippen LogP contribution in [-0.4, -0.2) is 47.2 Å². The lowest BCUT2D eigenvalue weighted by atomic mass is 10.1. The number of benzene rings is 3. The molecule has 2 N–H and O–H groups in total. The molecule has 11 heteroatoms. The number of aryl methyl sites for hydroxylation is 4. The molecule has 1 heterocycles. The summed E-state index contributed by atoms with van der Waals surface area (Å²) in [6, 6.07) is 12.7. The normalized spacial score (nSPS) is 14.8. The Morgan fingerprint density at radius 1 is 0.780 bits per heavy atom. The van der Waals surface area contributed by atoms with E-state index in [-0.39, 0.29) is 26.7 Å². The number of hydrogen-bond donors (Lipinski definition) is 2. The van der Waals surface area contributed by atoms with E-state index in [1.165, 1.54) is 35.7 Å². The van der Waals surface area contributed by atoms with Gasteiger partial charge in [0.15, 0.2) is 0 Å². The summed E-state index contributed by atoms with van der Waals surface area (Å²) in [5.74, 6) is -0.248. The number of methoxy groups -OCH3 is 1. The molecule has 220 valence electrons. The van der Waals surface area contributed by atoms with E-state index in [0.29, 0.717) is 35.5 Å².